The summed E-state index contributed by atoms with van der Waals surface area (Å²) in [6.07, 6.45) is 0. The van der Waals surface area contributed by atoms with Gasteiger partial charge in [-0.2, -0.15) is 0 Å². The van der Waals surface area contributed by atoms with E-state index < -0.39 is 0 Å². The lowest BCUT2D eigenvalue weighted by Gasteiger charge is -2.19. The van der Waals surface area contributed by atoms with Crippen LogP contribution in [0.25, 0.3) is 0 Å². The molecule has 88 valence electrons. The molecule has 2 unspecified atom stereocenters. The first-order valence-electron chi connectivity index (χ1n) is 5.36. The van der Waals surface area contributed by atoms with Crippen molar-refractivity contribution >= 4 is 5.91 Å². The van der Waals surface area contributed by atoms with Crippen molar-refractivity contribution in [3.05, 3.63) is 35.9 Å². The number of carbonyl (C=O) groups excluding carboxylic acids is 1. The van der Waals surface area contributed by atoms with E-state index in [0.29, 0.717) is 0 Å². The maximum Gasteiger partial charge on any atom is 0.224 e. The third-order valence-corrected chi connectivity index (χ3v) is 2.55. The smallest absolute Gasteiger partial charge is 0.224 e. The number of hydrogen-bond acceptors (Lipinski definition) is 3. The lowest BCUT2D eigenvalue weighted by molar-refractivity contribution is -0.125. The molecular weight excluding hydrogens is 204 g/mol. The molecule has 0 aliphatic carbocycles. The lowest BCUT2D eigenvalue weighted by atomic mass is 9.95. The fourth-order valence-corrected chi connectivity index (χ4v) is 1.47. The summed E-state index contributed by atoms with van der Waals surface area (Å²) in [5, 5.41) is 11.2. The Labute approximate surface area is 95.5 Å². The number of aliphatic hydroxyl groups excluding tert-OH is 1. The number of rotatable bonds is 5. The minimum absolute atomic E-state index is 0.0565. The third kappa shape index (κ3) is 3.32. The van der Waals surface area contributed by atoms with Gasteiger partial charge in [0.05, 0.1) is 12.5 Å². The summed E-state index contributed by atoms with van der Waals surface area (Å²) in [4.78, 5) is 11.6. The Hall–Kier alpha value is -1.39. The van der Waals surface area contributed by atoms with Crippen molar-refractivity contribution in [1.29, 1.82) is 0 Å². The summed E-state index contributed by atoms with van der Waals surface area (Å²) in [6.45, 7) is 1.99. The molecule has 0 aromatic heterocycles. The number of carbonyl (C=O) groups is 1. The SMILES string of the molecule is CC(C(=O)NCCO)C(N)c1ccccc1. The lowest BCUT2D eigenvalue weighted by Crippen LogP contribution is -2.36. The number of nitrogens with two attached hydrogens (primary N) is 1. The van der Waals surface area contributed by atoms with E-state index in [4.69, 9.17) is 10.8 Å². The van der Waals surface area contributed by atoms with Crippen LogP contribution in [0.5, 0.6) is 0 Å². The van der Waals surface area contributed by atoms with E-state index >= 15 is 0 Å². The van der Waals surface area contributed by atoms with Gasteiger partial charge in [0.1, 0.15) is 0 Å². The number of aliphatic hydroxyl groups is 1. The number of amides is 1. The zero-order valence-electron chi connectivity index (χ0n) is 9.39. The summed E-state index contributed by atoms with van der Waals surface area (Å²) in [6, 6.07) is 9.19. The summed E-state index contributed by atoms with van der Waals surface area (Å²) >= 11 is 0. The van der Waals surface area contributed by atoms with E-state index in [1.807, 2.05) is 30.3 Å². The Morgan fingerprint density at radius 2 is 2.06 bits per heavy atom. The molecule has 16 heavy (non-hydrogen) atoms. The fourth-order valence-electron chi connectivity index (χ4n) is 1.47. The van der Waals surface area contributed by atoms with Crippen LogP contribution in [0.15, 0.2) is 30.3 Å². The van der Waals surface area contributed by atoms with Crippen LogP contribution in [-0.4, -0.2) is 24.2 Å². The van der Waals surface area contributed by atoms with Gasteiger partial charge in [0.15, 0.2) is 0 Å². The van der Waals surface area contributed by atoms with E-state index in [0.717, 1.165) is 5.56 Å². The Balaban J connectivity index is 2.60. The van der Waals surface area contributed by atoms with E-state index in [-0.39, 0.29) is 31.0 Å². The van der Waals surface area contributed by atoms with Crippen LogP contribution in [0.2, 0.25) is 0 Å². The first kappa shape index (κ1) is 12.7. The van der Waals surface area contributed by atoms with Crippen LogP contribution in [0, 0.1) is 5.92 Å². The molecule has 2 atom stereocenters. The van der Waals surface area contributed by atoms with Gasteiger partial charge in [-0.15, -0.1) is 0 Å². The highest BCUT2D eigenvalue weighted by molar-refractivity contribution is 5.79. The predicted octanol–water partition coefficient (Wildman–Crippen LogP) is 0.431. The largest absolute Gasteiger partial charge is 0.395 e. The number of benzene rings is 1. The van der Waals surface area contributed by atoms with E-state index in [2.05, 4.69) is 5.32 Å². The molecule has 4 heteroatoms. The Kier molecular flexibility index (Phi) is 4.95. The van der Waals surface area contributed by atoms with Gasteiger partial charge >= 0.3 is 0 Å². The second-order valence-electron chi connectivity index (χ2n) is 3.74. The molecule has 0 saturated carbocycles. The number of hydrogen-bond donors (Lipinski definition) is 3. The van der Waals surface area contributed by atoms with Gasteiger partial charge < -0.3 is 16.2 Å². The molecule has 1 amide bonds. The molecule has 1 rings (SSSR count). The Bertz CT molecular complexity index is 327. The number of nitrogens with one attached hydrogen (secondary N) is 1. The van der Waals surface area contributed by atoms with E-state index in [9.17, 15) is 4.79 Å². The van der Waals surface area contributed by atoms with Gasteiger partial charge in [-0.1, -0.05) is 37.3 Å². The second-order valence-corrected chi connectivity index (χ2v) is 3.74. The van der Waals surface area contributed by atoms with Crippen LogP contribution in [0.1, 0.15) is 18.5 Å². The van der Waals surface area contributed by atoms with Crippen LogP contribution in [-0.2, 0) is 4.79 Å². The molecule has 4 nitrogen and oxygen atoms in total. The average molecular weight is 222 g/mol. The maximum absolute atomic E-state index is 11.6. The highest BCUT2D eigenvalue weighted by Crippen LogP contribution is 2.18. The third-order valence-electron chi connectivity index (χ3n) is 2.55. The molecule has 0 radical (unpaired) electrons. The van der Waals surface area contributed by atoms with Crippen LogP contribution in [0.3, 0.4) is 0 Å². The van der Waals surface area contributed by atoms with Crippen molar-refractivity contribution in [3.63, 3.8) is 0 Å². The zero-order valence-corrected chi connectivity index (χ0v) is 9.39. The Morgan fingerprint density at radius 1 is 1.44 bits per heavy atom. The van der Waals surface area contributed by atoms with Gasteiger partial charge in [-0.05, 0) is 5.56 Å². The molecule has 0 saturated heterocycles. The molecule has 4 N–H and O–H groups in total. The first-order valence-corrected chi connectivity index (χ1v) is 5.36. The van der Waals surface area contributed by atoms with Gasteiger partial charge in [0.25, 0.3) is 0 Å². The molecule has 0 fully saturated rings. The van der Waals surface area contributed by atoms with Gasteiger partial charge in [-0.3, -0.25) is 4.79 Å². The molecule has 0 spiro atoms. The normalized spacial score (nSPS) is 14.2. The van der Waals surface area contributed by atoms with Crippen LogP contribution < -0.4 is 11.1 Å². The van der Waals surface area contributed by atoms with Crippen molar-refractivity contribution in [2.24, 2.45) is 11.7 Å². The quantitative estimate of drug-likeness (QED) is 0.676. The van der Waals surface area contributed by atoms with Gasteiger partial charge in [0.2, 0.25) is 5.91 Å². The highest BCUT2D eigenvalue weighted by atomic mass is 16.3. The summed E-state index contributed by atoms with van der Waals surface area (Å²) in [5.41, 5.74) is 6.93. The van der Waals surface area contributed by atoms with Gasteiger partial charge in [-0.25, -0.2) is 0 Å². The maximum atomic E-state index is 11.6. The van der Waals surface area contributed by atoms with Crippen molar-refractivity contribution in [1.82, 2.24) is 5.32 Å². The first-order chi connectivity index (χ1) is 7.66. The highest BCUT2D eigenvalue weighted by Gasteiger charge is 2.21. The van der Waals surface area contributed by atoms with Crippen LogP contribution >= 0.6 is 0 Å². The summed E-state index contributed by atoms with van der Waals surface area (Å²) < 4.78 is 0. The molecule has 0 heterocycles. The molecule has 0 bridgehead atoms. The topological polar surface area (TPSA) is 75.3 Å². The van der Waals surface area contributed by atoms with E-state index in [1.54, 1.807) is 6.92 Å². The molecule has 0 aliphatic rings. The molecule has 1 aromatic rings. The van der Waals surface area contributed by atoms with Crippen molar-refractivity contribution in [2.45, 2.75) is 13.0 Å². The minimum Gasteiger partial charge on any atom is -0.395 e. The molecule has 1 aromatic carbocycles. The summed E-state index contributed by atoms with van der Waals surface area (Å²) in [5.74, 6) is -0.445. The predicted molar refractivity (Wildman–Crippen MR) is 62.6 cm³/mol. The minimum atomic E-state index is -0.320. The zero-order chi connectivity index (χ0) is 12.0. The monoisotopic (exact) mass is 222 g/mol. The summed E-state index contributed by atoms with van der Waals surface area (Å²) in [7, 11) is 0. The van der Waals surface area contributed by atoms with Crippen LogP contribution in [0.4, 0.5) is 0 Å². The van der Waals surface area contributed by atoms with E-state index in [1.165, 1.54) is 0 Å². The second kappa shape index (κ2) is 6.25. The Morgan fingerprint density at radius 3 is 2.62 bits per heavy atom. The standard InChI is InChI=1S/C12H18N2O2/c1-9(12(16)14-7-8-15)11(13)10-5-3-2-4-6-10/h2-6,9,11,15H,7-8,13H2,1H3,(H,14,16). The molecule has 0 aliphatic heterocycles. The average Bonchev–Trinajstić information content (AvgIpc) is 2.35. The van der Waals surface area contributed by atoms with Crippen molar-refractivity contribution in [3.8, 4) is 0 Å². The fraction of sp³-hybridized carbons (Fsp3) is 0.417. The van der Waals surface area contributed by atoms with Gasteiger partial charge in [0, 0.05) is 12.6 Å². The molecular formula is C12H18N2O2. The van der Waals surface area contributed by atoms with Crippen molar-refractivity contribution in [2.75, 3.05) is 13.2 Å². The van der Waals surface area contributed by atoms with Crippen molar-refractivity contribution < 1.29 is 9.90 Å².